The quantitative estimate of drug-likeness (QED) is 0.396. The summed E-state index contributed by atoms with van der Waals surface area (Å²) in [4.78, 5) is 24.6. The molecule has 0 atom stereocenters. The minimum absolute atomic E-state index is 0.0109. The lowest BCUT2D eigenvalue weighted by atomic mass is 9.98. The van der Waals surface area contributed by atoms with Crippen LogP contribution in [0.1, 0.15) is 37.0 Å². The van der Waals surface area contributed by atoms with Gasteiger partial charge in [-0.25, -0.2) is 9.97 Å². The Morgan fingerprint density at radius 3 is 2.43 bits per heavy atom. The second-order valence-electron chi connectivity index (χ2n) is 9.63. The number of aromatic nitrogens is 2. The van der Waals surface area contributed by atoms with Crippen LogP contribution in [0.25, 0.3) is 11.3 Å². The van der Waals surface area contributed by atoms with Gasteiger partial charge in [0.15, 0.2) is 0 Å². The molecule has 7 nitrogen and oxygen atoms in total. The van der Waals surface area contributed by atoms with E-state index < -0.39 is 0 Å². The first-order valence-corrected chi connectivity index (χ1v) is 12.8. The molecule has 1 amide bonds. The van der Waals surface area contributed by atoms with Crippen molar-refractivity contribution in [1.82, 2.24) is 14.9 Å². The zero-order valence-corrected chi connectivity index (χ0v) is 21.0. The van der Waals surface area contributed by atoms with Crippen LogP contribution in [0, 0.1) is 5.41 Å². The number of amides is 1. The maximum atomic E-state index is 12.7. The summed E-state index contributed by atoms with van der Waals surface area (Å²) in [6, 6.07) is 17.4. The second-order valence-corrected chi connectivity index (χ2v) is 10.7. The van der Waals surface area contributed by atoms with E-state index in [4.69, 9.17) is 0 Å². The first-order chi connectivity index (χ1) is 16.8. The van der Waals surface area contributed by atoms with Crippen LogP contribution in [-0.4, -0.2) is 62.5 Å². The maximum absolute atomic E-state index is 12.7. The van der Waals surface area contributed by atoms with Crippen LogP contribution < -0.4 is 5.32 Å². The van der Waals surface area contributed by atoms with Crippen LogP contribution in [0.5, 0.6) is 0 Å². The number of hydrogen-bond donors (Lipinski definition) is 3. The minimum atomic E-state index is -0.303. The first kappa shape index (κ1) is 25.2. The number of carbonyl (C=O) groups excluding carboxylic acids is 1. The highest BCUT2D eigenvalue weighted by Crippen LogP contribution is 2.29. The summed E-state index contributed by atoms with van der Waals surface area (Å²) >= 11 is 1.73. The minimum Gasteiger partial charge on any atom is -0.396 e. The van der Waals surface area contributed by atoms with Gasteiger partial charge in [0.25, 0.3) is 5.91 Å². The van der Waals surface area contributed by atoms with Gasteiger partial charge in [0, 0.05) is 53.4 Å². The van der Waals surface area contributed by atoms with Crippen LogP contribution in [0.4, 0.5) is 11.6 Å². The van der Waals surface area contributed by atoms with Gasteiger partial charge in [0.1, 0.15) is 0 Å². The van der Waals surface area contributed by atoms with E-state index in [9.17, 15) is 15.0 Å². The number of carbonyl (C=O) groups is 1. The Hall–Kier alpha value is -2.94. The molecule has 1 fully saturated rings. The summed E-state index contributed by atoms with van der Waals surface area (Å²) in [5, 5.41) is 22.3. The van der Waals surface area contributed by atoms with E-state index in [0.29, 0.717) is 37.4 Å². The van der Waals surface area contributed by atoms with Gasteiger partial charge < -0.3 is 20.4 Å². The Morgan fingerprint density at radius 1 is 1.09 bits per heavy atom. The maximum Gasteiger partial charge on any atom is 0.253 e. The largest absolute Gasteiger partial charge is 0.396 e. The van der Waals surface area contributed by atoms with Crippen LogP contribution in [0.15, 0.2) is 65.7 Å². The summed E-state index contributed by atoms with van der Waals surface area (Å²) in [6.45, 7) is 5.44. The summed E-state index contributed by atoms with van der Waals surface area (Å²) in [5.41, 5.74) is 3.12. The van der Waals surface area contributed by atoms with E-state index in [1.165, 1.54) is 0 Å². The third kappa shape index (κ3) is 6.81. The van der Waals surface area contributed by atoms with Gasteiger partial charge in [0.05, 0.1) is 11.8 Å². The van der Waals surface area contributed by atoms with Crippen molar-refractivity contribution in [3.8, 4) is 11.3 Å². The standard InChI is InChI=1S/C27H32N4O3S/c1-27(2,17-32)18-35-23-9-5-19(6-10-23)24-11-14-28-26(30-24)29-21-7-3-20(4-8-21)25(34)31-15-12-22(33)13-16-31/h3-11,14,22,32-33H,12-13,15-18H2,1-2H3,(H,28,29,30). The molecule has 3 N–H and O–H groups in total. The number of nitrogens with zero attached hydrogens (tertiary/aromatic N) is 3. The fraction of sp³-hybridized carbons (Fsp3) is 0.370. The summed E-state index contributed by atoms with van der Waals surface area (Å²) in [6.07, 6.45) is 2.67. The van der Waals surface area contributed by atoms with Crippen LogP contribution in [0.2, 0.25) is 0 Å². The van der Waals surface area contributed by atoms with Crippen LogP contribution >= 0.6 is 11.8 Å². The van der Waals surface area contributed by atoms with E-state index in [1.54, 1.807) is 35.0 Å². The average molecular weight is 493 g/mol. The number of anilines is 2. The lowest BCUT2D eigenvalue weighted by molar-refractivity contribution is 0.0546. The normalized spacial score (nSPS) is 14.7. The molecule has 2 aromatic carbocycles. The van der Waals surface area contributed by atoms with Crippen molar-refractivity contribution in [2.45, 2.75) is 37.7 Å². The highest BCUT2D eigenvalue weighted by molar-refractivity contribution is 7.99. The molecule has 3 aromatic rings. The van der Waals surface area contributed by atoms with Gasteiger partial charge in [-0.05, 0) is 60.7 Å². The van der Waals surface area contributed by atoms with Crippen LogP contribution in [-0.2, 0) is 0 Å². The van der Waals surface area contributed by atoms with Crippen LogP contribution in [0.3, 0.4) is 0 Å². The topological polar surface area (TPSA) is 98.6 Å². The molecule has 1 aliphatic heterocycles. The van der Waals surface area contributed by atoms with Gasteiger partial charge in [-0.15, -0.1) is 11.8 Å². The molecule has 0 radical (unpaired) electrons. The molecule has 0 spiro atoms. The smallest absolute Gasteiger partial charge is 0.253 e. The molecule has 184 valence electrons. The predicted octanol–water partition coefficient (Wildman–Crippen LogP) is 4.59. The molecule has 0 saturated carbocycles. The molecule has 0 unspecified atom stereocenters. The number of thioether (sulfide) groups is 1. The van der Waals surface area contributed by atoms with Crippen molar-refractivity contribution >= 4 is 29.3 Å². The van der Waals surface area contributed by atoms with Crippen molar-refractivity contribution < 1.29 is 15.0 Å². The third-order valence-corrected chi connectivity index (χ3v) is 7.53. The number of hydrogen-bond acceptors (Lipinski definition) is 7. The van der Waals surface area contributed by atoms with Gasteiger partial charge in [-0.3, -0.25) is 4.79 Å². The zero-order chi connectivity index (χ0) is 24.8. The lowest BCUT2D eigenvalue weighted by Gasteiger charge is -2.29. The highest BCUT2D eigenvalue weighted by atomic mass is 32.2. The SMILES string of the molecule is CC(C)(CO)CSc1ccc(-c2ccnc(Nc3ccc(C(=O)N4CCC(O)CC4)cc3)n2)cc1. The van der Waals surface area contributed by atoms with Gasteiger partial charge >= 0.3 is 0 Å². The van der Waals surface area contributed by atoms with E-state index >= 15 is 0 Å². The lowest BCUT2D eigenvalue weighted by Crippen LogP contribution is -2.40. The number of aliphatic hydroxyl groups is 2. The fourth-order valence-electron chi connectivity index (χ4n) is 3.70. The number of likely N-dealkylation sites (tertiary alicyclic amines) is 1. The van der Waals surface area contributed by atoms with E-state index in [-0.39, 0.29) is 24.0 Å². The molecule has 8 heteroatoms. The Kier molecular flexibility index (Phi) is 8.05. The molecule has 35 heavy (non-hydrogen) atoms. The summed E-state index contributed by atoms with van der Waals surface area (Å²) < 4.78 is 0. The first-order valence-electron chi connectivity index (χ1n) is 11.8. The van der Waals surface area contributed by atoms with E-state index in [0.717, 1.165) is 27.6 Å². The van der Waals surface area contributed by atoms with Crippen molar-refractivity contribution in [3.05, 3.63) is 66.4 Å². The number of piperidine rings is 1. The van der Waals surface area contributed by atoms with Gasteiger partial charge in [-0.2, -0.15) is 0 Å². The number of benzene rings is 2. The van der Waals surface area contributed by atoms with E-state index in [2.05, 4.69) is 41.3 Å². The molecule has 2 heterocycles. The van der Waals surface area contributed by atoms with Crippen molar-refractivity contribution in [2.75, 3.05) is 30.8 Å². The summed E-state index contributed by atoms with van der Waals surface area (Å²) in [7, 11) is 0. The van der Waals surface area contributed by atoms with E-state index in [1.807, 2.05) is 30.3 Å². The monoisotopic (exact) mass is 492 g/mol. The predicted molar refractivity (Wildman–Crippen MR) is 140 cm³/mol. The molecule has 0 aliphatic carbocycles. The Labute approximate surface area is 210 Å². The molecular weight excluding hydrogens is 460 g/mol. The van der Waals surface area contributed by atoms with Gasteiger partial charge in [0.2, 0.25) is 5.95 Å². The number of rotatable bonds is 8. The zero-order valence-electron chi connectivity index (χ0n) is 20.1. The Morgan fingerprint density at radius 2 is 1.77 bits per heavy atom. The number of nitrogens with one attached hydrogen (secondary N) is 1. The Balaban J connectivity index is 1.38. The molecule has 4 rings (SSSR count). The van der Waals surface area contributed by atoms with Crippen molar-refractivity contribution in [1.29, 1.82) is 0 Å². The Bertz CT molecular complexity index is 1130. The third-order valence-electron chi connectivity index (χ3n) is 6.00. The number of aliphatic hydroxyl groups excluding tert-OH is 2. The second kappa shape index (κ2) is 11.2. The molecule has 1 aromatic heterocycles. The highest BCUT2D eigenvalue weighted by Gasteiger charge is 2.22. The fourth-order valence-corrected chi connectivity index (χ4v) is 4.68. The average Bonchev–Trinajstić information content (AvgIpc) is 2.88. The molecule has 1 saturated heterocycles. The molecule has 1 aliphatic rings. The van der Waals surface area contributed by atoms with Crippen molar-refractivity contribution in [2.24, 2.45) is 5.41 Å². The van der Waals surface area contributed by atoms with Crippen molar-refractivity contribution in [3.63, 3.8) is 0 Å². The molecule has 0 bridgehead atoms. The van der Waals surface area contributed by atoms with Gasteiger partial charge in [-0.1, -0.05) is 26.0 Å². The molecular formula is C27H32N4O3S. The summed E-state index contributed by atoms with van der Waals surface area (Å²) in [5.74, 6) is 1.31.